The van der Waals surface area contributed by atoms with Crippen LogP contribution in [-0.4, -0.2) is 47.9 Å². The van der Waals surface area contributed by atoms with Gasteiger partial charge in [0.25, 0.3) is 0 Å². The largest absolute Gasteiger partial charge is 0.444 e. The summed E-state index contributed by atoms with van der Waals surface area (Å²) in [5.41, 5.74) is 6.03. The van der Waals surface area contributed by atoms with Crippen LogP contribution in [0.5, 0.6) is 0 Å². The van der Waals surface area contributed by atoms with Crippen LogP contribution in [0.15, 0.2) is 29.2 Å². The third-order valence-corrected chi connectivity index (χ3v) is 8.22. The Morgan fingerprint density at radius 2 is 1.76 bits per heavy atom. The van der Waals surface area contributed by atoms with Gasteiger partial charge in [0.1, 0.15) is 5.60 Å². The Kier molecular flexibility index (Phi) is 8.96. The van der Waals surface area contributed by atoms with Crippen LogP contribution in [-0.2, 0) is 9.53 Å². The highest BCUT2D eigenvalue weighted by atomic mass is 32.2. The Hall–Kier alpha value is -1.89. The summed E-state index contributed by atoms with van der Waals surface area (Å²) in [6.07, 6.45) is 7.22. The van der Waals surface area contributed by atoms with E-state index in [1.54, 1.807) is 0 Å². The lowest BCUT2D eigenvalue weighted by molar-refractivity contribution is -0.140. The van der Waals surface area contributed by atoms with E-state index < -0.39 is 11.7 Å². The molecule has 0 aromatic heterocycles. The number of benzene rings is 1. The highest BCUT2D eigenvalue weighted by Crippen LogP contribution is 2.37. The van der Waals surface area contributed by atoms with Crippen molar-refractivity contribution in [3.63, 3.8) is 0 Å². The molecule has 0 heterocycles. The maximum Gasteiger partial charge on any atom is 0.407 e. The number of anilines is 1. The Balaban J connectivity index is 1.54. The van der Waals surface area contributed by atoms with Gasteiger partial charge >= 0.3 is 6.09 Å². The van der Waals surface area contributed by atoms with Crippen molar-refractivity contribution in [1.82, 2.24) is 10.2 Å². The Bertz CT molecular complexity index is 781. The Morgan fingerprint density at radius 3 is 2.30 bits per heavy atom. The van der Waals surface area contributed by atoms with Crippen LogP contribution < -0.4 is 11.1 Å². The quantitative estimate of drug-likeness (QED) is 0.393. The lowest BCUT2D eigenvalue weighted by Crippen LogP contribution is -2.49. The molecule has 1 aromatic carbocycles. The summed E-state index contributed by atoms with van der Waals surface area (Å²) >= 11 is 1.89. The van der Waals surface area contributed by atoms with Crippen molar-refractivity contribution >= 4 is 29.4 Å². The molecular weight excluding hydrogens is 434 g/mol. The molecule has 0 unspecified atom stereocenters. The van der Waals surface area contributed by atoms with Crippen LogP contribution in [0.4, 0.5) is 10.5 Å². The average Bonchev–Trinajstić information content (AvgIpc) is 2.71. The molecule has 33 heavy (non-hydrogen) atoms. The van der Waals surface area contributed by atoms with Gasteiger partial charge in [-0.3, -0.25) is 4.79 Å². The van der Waals surface area contributed by atoms with E-state index in [0.717, 1.165) is 50.0 Å². The van der Waals surface area contributed by atoms with Gasteiger partial charge < -0.3 is 20.7 Å². The summed E-state index contributed by atoms with van der Waals surface area (Å²) in [5, 5.41) is 2.89. The molecule has 6 nitrogen and oxygen atoms in total. The zero-order chi connectivity index (χ0) is 24.0. The predicted molar refractivity (Wildman–Crippen MR) is 135 cm³/mol. The summed E-state index contributed by atoms with van der Waals surface area (Å²) in [4.78, 5) is 28.9. The molecule has 2 fully saturated rings. The molecule has 0 aliphatic heterocycles. The zero-order valence-corrected chi connectivity index (χ0v) is 21.5. The summed E-state index contributed by atoms with van der Waals surface area (Å²) in [6, 6.07) is 8.42. The van der Waals surface area contributed by atoms with Crippen LogP contribution in [0.2, 0.25) is 0 Å². The number of thioether (sulfide) groups is 1. The number of nitrogens with two attached hydrogens (primary N) is 1. The number of hydrogen-bond donors (Lipinski definition) is 2. The number of nitrogens with zero attached hydrogens (tertiary/aromatic N) is 1. The predicted octanol–water partition coefficient (Wildman–Crippen LogP) is 5.32. The number of carbonyl (C=O) groups excluding carboxylic acids is 2. The van der Waals surface area contributed by atoms with Crippen molar-refractivity contribution in [3.05, 3.63) is 24.3 Å². The third kappa shape index (κ3) is 7.83. The molecule has 184 valence electrons. The first kappa shape index (κ1) is 25.7. The van der Waals surface area contributed by atoms with Crippen molar-refractivity contribution < 1.29 is 14.3 Å². The van der Waals surface area contributed by atoms with Crippen molar-refractivity contribution in [2.24, 2.45) is 17.8 Å². The summed E-state index contributed by atoms with van der Waals surface area (Å²) in [6.45, 7) is 5.90. The first-order chi connectivity index (χ1) is 15.6. The van der Waals surface area contributed by atoms with E-state index in [1.165, 1.54) is 11.3 Å². The van der Waals surface area contributed by atoms with Gasteiger partial charge in [-0.15, -0.1) is 11.8 Å². The molecule has 2 amide bonds. The second kappa shape index (κ2) is 11.5. The fourth-order valence-electron chi connectivity index (χ4n) is 4.71. The normalized spacial score (nSPS) is 22.2. The van der Waals surface area contributed by atoms with E-state index in [1.807, 2.05) is 56.6 Å². The number of nitrogens with one attached hydrogen (secondary N) is 1. The van der Waals surface area contributed by atoms with E-state index in [-0.39, 0.29) is 11.8 Å². The van der Waals surface area contributed by atoms with Gasteiger partial charge in [-0.1, -0.05) is 0 Å². The fourth-order valence-corrected chi connectivity index (χ4v) is 5.80. The minimum Gasteiger partial charge on any atom is -0.444 e. The van der Waals surface area contributed by atoms with Crippen molar-refractivity contribution in [2.75, 3.05) is 25.1 Å². The molecular formula is C26H41N3O3S. The maximum atomic E-state index is 13.4. The third-order valence-electron chi connectivity index (χ3n) is 6.98. The SMILES string of the molecule is CN(C(=O)[C@H](CNC(=O)OC(C)(C)C)[C@H]1CC[C@H](CSc2ccc(N)cc2)CC1)C1CCC1. The molecule has 0 bridgehead atoms. The number of alkyl carbamates (subject to hydrolysis) is 1. The average molecular weight is 476 g/mol. The smallest absolute Gasteiger partial charge is 0.407 e. The second-order valence-corrected chi connectivity index (χ2v) is 11.8. The fraction of sp³-hybridized carbons (Fsp3) is 0.692. The second-order valence-electron chi connectivity index (χ2n) is 10.7. The number of nitrogen functional groups attached to an aromatic ring is 1. The molecule has 2 aliphatic carbocycles. The summed E-state index contributed by atoms with van der Waals surface area (Å²) < 4.78 is 5.41. The first-order valence-electron chi connectivity index (χ1n) is 12.3. The number of rotatable bonds is 8. The lowest BCUT2D eigenvalue weighted by Gasteiger charge is -2.40. The molecule has 1 aromatic rings. The number of ether oxygens (including phenoxy) is 1. The molecule has 0 saturated heterocycles. The van der Waals surface area contributed by atoms with Gasteiger partial charge in [0.05, 0.1) is 5.92 Å². The van der Waals surface area contributed by atoms with Crippen LogP contribution >= 0.6 is 11.8 Å². The maximum absolute atomic E-state index is 13.4. The molecule has 7 heteroatoms. The van der Waals surface area contributed by atoms with Crippen LogP contribution in [0.3, 0.4) is 0 Å². The van der Waals surface area contributed by atoms with Gasteiger partial charge in [0, 0.05) is 36.0 Å². The zero-order valence-electron chi connectivity index (χ0n) is 20.6. The number of hydrogen-bond acceptors (Lipinski definition) is 5. The molecule has 2 aliphatic rings. The summed E-state index contributed by atoms with van der Waals surface area (Å²) in [7, 11) is 1.93. The van der Waals surface area contributed by atoms with Gasteiger partial charge in [0.2, 0.25) is 5.91 Å². The first-order valence-corrected chi connectivity index (χ1v) is 13.3. The minimum atomic E-state index is -0.549. The molecule has 3 N–H and O–H groups in total. The van der Waals surface area contributed by atoms with E-state index >= 15 is 0 Å². The Labute approximate surface area is 203 Å². The van der Waals surface area contributed by atoms with Crippen molar-refractivity contribution in [3.8, 4) is 0 Å². The Morgan fingerprint density at radius 1 is 1.12 bits per heavy atom. The van der Waals surface area contributed by atoms with Gasteiger partial charge in [-0.2, -0.15) is 0 Å². The number of carbonyl (C=O) groups is 2. The van der Waals surface area contributed by atoms with Gasteiger partial charge in [-0.25, -0.2) is 4.79 Å². The van der Waals surface area contributed by atoms with Gasteiger partial charge in [-0.05, 0) is 102 Å². The molecule has 2 saturated carbocycles. The topological polar surface area (TPSA) is 84.7 Å². The lowest BCUT2D eigenvalue weighted by atomic mass is 9.75. The van der Waals surface area contributed by atoms with Crippen molar-refractivity contribution in [2.45, 2.75) is 82.3 Å². The summed E-state index contributed by atoms with van der Waals surface area (Å²) in [5.74, 6) is 2.03. The monoisotopic (exact) mass is 475 g/mol. The number of amides is 2. The van der Waals surface area contributed by atoms with Crippen LogP contribution in [0, 0.1) is 17.8 Å². The van der Waals surface area contributed by atoms with E-state index in [0.29, 0.717) is 24.4 Å². The van der Waals surface area contributed by atoms with Gasteiger partial charge in [0.15, 0.2) is 0 Å². The molecule has 1 atom stereocenters. The molecule has 3 rings (SSSR count). The van der Waals surface area contributed by atoms with Crippen LogP contribution in [0.25, 0.3) is 0 Å². The van der Waals surface area contributed by atoms with E-state index in [9.17, 15) is 9.59 Å². The minimum absolute atomic E-state index is 0.176. The van der Waals surface area contributed by atoms with E-state index in [4.69, 9.17) is 10.5 Å². The standard InChI is InChI=1S/C26H41N3O3S/c1-26(2,3)32-25(31)28-16-23(24(30)29(4)21-6-5-7-21)19-10-8-18(9-11-19)17-33-22-14-12-20(27)13-15-22/h12-15,18-19,21,23H,5-11,16-17,27H2,1-4H3,(H,28,31)/t18-,19-,23-/m1/s1. The van der Waals surface area contributed by atoms with Crippen LogP contribution in [0.1, 0.15) is 65.7 Å². The highest BCUT2D eigenvalue weighted by molar-refractivity contribution is 7.99. The molecule has 0 radical (unpaired) electrons. The highest BCUT2D eigenvalue weighted by Gasteiger charge is 2.37. The molecule has 0 spiro atoms. The van der Waals surface area contributed by atoms with Crippen molar-refractivity contribution in [1.29, 1.82) is 0 Å². The van der Waals surface area contributed by atoms with E-state index in [2.05, 4.69) is 17.4 Å².